The summed E-state index contributed by atoms with van der Waals surface area (Å²) in [5.41, 5.74) is 0.194. The Morgan fingerprint density at radius 3 is 2.48 bits per heavy atom. The van der Waals surface area contributed by atoms with Crippen molar-refractivity contribution in [3.8, 4) is 0 Å². The van der Waals surface area contributed by atoms with Crippen LogP contribution in [0.2, 0.25) is 0 Å². The molecule has 5 heteroatoms. The number of ether oxygens (including phenoxy) is 1. The van der Waals surface area contributed by atoms with Crippen LogP contribution in [0.25, 0.3) is 0 Å². The van der Waals surface area contributed by atoms with E-state index in [1.54, 1.807) is 0 Å². The average Bonchev–Trinajstić information content (AvgIpc) is 2.64. The summed E-state index contributed by atoms with van der Waals surface area (Å²) in [6, 6.07) is 0. The van der Waals surface area contributed by atoms with Crippen LogP contribution in [-0.4, -0.2) is 43.1 Å². The molecule has 1 heterocycles. The molecule has 146 valence electrons. The van der Waals surface area contributed by atoms with Gasteiger partial charge in [0.15, 0.2) is 0 Å². The van der Waals surface area contributed by atoms with Crippen LogP contribution in [0.3, 0.4) is 0 Å². The van der Waals surface area contributed by atoms with Crippen molar-refractivity contribution in [3.05, 3.63) is 0 Å². The molecular weight excluding hydrogens is 316 g/mol. The number of carbonyl (C=O) groups is 2. The molecule has 0 spiro atoms. The van der Waals surface area contributed by atoms with Crippen LogP contribution in [0.5, 0.6) is 0 Å². The molecule has 0 aromatic rings. The van der Waals surface area contributed by atoms with Gasteiger partial charge < -0.3 is 15.0 Å². The van der Waals surface area contributed by atoms with Crippen LogP contribution in [0, 0.1) is 16.7 Å². The van der Waals surface area contributed by atoms with E-state index < -0.39 is 0 Å². The fraction of sp³-hybridized carbons (Fsp3) is 0.900. The van der Waals surface area contributed by atoms with Crippen LogP contribution in [-0.2, 0) is 14.3 Å². The van der Waals surface area contributed by atoms with Gasteiger partial charge >= 0.3 is 0 Å². The van der Waals surface area contributed by atoms with E-state index in [0.29, 0.717) is 26.3 Å². The first-order valence-electron chi connectivity index (χ1n) is 9.64. The minimum Gasteiger partial charge on any atom is -0.361 e. The Balaban J connectivity index is 2.30. The van der Waals surface area contributed by atoms with Gasteiger partial charge in [-0.25, -0.2) is 0 Å². The Morgan fingerprint density at radius 2 is 1.88 bits per heavy atom. The molecule has 5 nitrogen and oxygen atoms in total. The standard InChI is InChI=1S/C20H38N2O3/c1-19(2,3)11-12-21-17(23)9-7-8-13-22-15-25-14-10-16(18(22)24)20(4,5)6/h16H,7-15H2,1-6H3,(H,21,23). The van der Waals surface area contributed by atoms with Crippen molar-refractivity contribution in [3.63, 3.8) is 0 Å². The highest BCUT2D eigenvalue weighted by Crippen LogP contribution is 2.32. The third-order valence-electron chi connectivity index (χ3n) is 4.73. The van der Waals surface area contributed by atoms with Crippen molar-refractivity contribution in [2.24, 2.45) is 16.7 Å². The smallest absolute Gasteiger partial charge is 0.228 e. The minimum absolute atomic E-state index is 0.00990. The summed E-state index contributed by atoms with van der Waals surface area (Å²) >= 11 is 0. The first-order valence-corrected chi connectivity index (χ1v) is 9.64. The third-order valence-corrected chi connectivity index (χ3v) is 4.73. The van der Waals surface area contributed by atoms with Gasteiger partial charge in [0.2, 0.25) is 11.8 Å². The zero-order chi connectivity index (χ0) is 19.1. The lowest BCUT2D eigenvalue weighted by Crippen LogP contribution is -2.40. The van der Waals surface area contributed by atoms with E-state index in [-0.39, 0.29) is 28.6 Å². The topological polar surface area (TPSA) is 58.6 Å². The summed E-state index contributed by atoms with van der Waals surface area (Å²) in [5, 5.41) is 2.98. The number of rotatable bonds is 7. The molecule has 25 heavy (non-hydrogen) atoms. The number of hydrogen-bond donors (Lipinski definition) is 1. The molecule has 1 saturated heterocycles. The first-order chi connectivity index (χ1) is 11.5. The Labute approximate surface area is 153 Å². The van der Waals surface area contributed by atoms with Crippen LogP contribution >= 0.6 is 0 Å². The molecule has 0 aliphatic carbocycles. The Bertz CT molecular complexity index is 435. The molecule has 0 aromatic carbocycles. The fourth-order valence-electron chi connectivity index (χ4n) is 3.02. The van der Waals surface area contributed by atoms with Gasteiger partial charge in [-0.1, -0.05) is 41.5 Å². The summed E-state index contributed by atoms with van der Waals surface area (Å²) in [7, 11) is 0. The van der Waals surface area contributed by atoms with E-state index in [1.807, 2.05) is 4.90 Å². The lowest BCUT2D eigenvalue weighted by molar-refractivity contribution is -0.140. The van der Waals surface area contributed by atoms with Gasteiger partial charge in [0.05, 0.1) is 0 Å². The summed E-state index contributed by atoms with van der Waals surface area (Å²) in [5.74, 6) is 0.311. The number of carbonyl (C=O) groups excluding carboxylic acids is 2. The van der Waals surface area contributed by atoms with Crippen molar-refractivity contribution in [1.29, 1.82) is 0 Å². The predicted molar refractivity (Wildman–Crippen MR) is 101 cm³/mol. The molecule has 1 unspecified atom stereocenters. The SMILES string of the molecule is CC(C)(C)CCNC(=O)CCCCN1COCCC(C(C)(C)C)C1=O. The van der Waals surface area contributed by atoms with Crippen LogP contribution in [0.4, 0.5) is 0 Å². The zero-order valence-electron chi connectivity index (χ0n) is 17.1. The number of amides is 2. The monoisotopic (exact) mass is 354 g/mol. The molecule has 0 bridgehead atoms. The third kappa shape index (κ3) is 8.70. The van der Waals surface area contributed by atoms with E-state index in [9.17, 15) is 9.59 Å². The van der Waals surface area contributed by atoms with Crippen molar-refractivity contribution in [1.82, 2.24) is 10.2 Å². The quantitative estimate of drug-likeness (QED) is 0.711. The second-order valence-corrected chi connectivity index (χ2v) is 9.46. The van der Waals surface area contributed by atoms with Crippen LogP contribution < -0.4 is 5.32 Å². The van der Waals surface area contributed by atoms with Crippen molar-refractivity contribution in [2.75, 3.05) is 26.4 Å². The molecule has 1 aliphatic rings. The van der Waals surface area contributed by atoms with Gasteiger partial charge in [-0.15, -0.1) is 0 Å². The predicted octanol–water partition coefficient (Wildman–Crippen LogP) is 3.58. The molecule has 1 atom stereocenters. The first kappa shape index (κ1) is 21.9. The Morgan fingerprint density at radius 1 is 1.20 bits per heavy atom. The van der Waals surface area contributed by atoms with E-state index in [4.69, 9.17) is 4.74 Å². The van der Waals surface area contributed by atoms with Gasteiger partial charge in [-0.2, -0.15) is 0 Å². The molecule has 2 amide bonds. The molecule has 0 radical (unpaired) electrons. The molecule has 0 saturated carbocycles. The number of nitrogens with zero attached hydrogens (tertiary/aromatic N) is 1. The van der Waals surface area contributed by atoms with Crippen molar-refractivity contribution in [2.45, 2.75) is 73.6 Å². The minimum atomic E-state index is -0.0457. The highest BCUT2D eigenvalue weighted by atomic mass is 16.5. The van der Waals surface area contributed by atoms with Gasteiger partial charge in [0, 0.05) is 32.0 Å². The molecule has 1 rings (SSSR count). The number of nitrogens with one attached hydrogen (secondary N) is 1. The average molecular weight is 355 g/mol. The van der Waals surface area contributed by atoms with Gasteiger partial charge in [-0.3, -0.25) is 9.59 Å². The molecule has 1 N–H and O–H groups in total. The largest absolute Gasteiger partial charge is 0.361 e. The molecular formula is C20H38N2O3. The second-order valence-electron chi connectivity index (χ2n) is 9.46. The summed E-state index contributed by atoms with van der Waals surface area (Å²) in [6.07, 6.45) is 3.92. The lowest BCUT2D eigenvalue weighted by atomic mass is 9.78. The van der Waals surface area contributed by atoms with E-state index in [1.165, 1.54) is 0 Å². The van der Waals surface area contributed by atoms with E-state index in [2.05, 4.69) is 46.9 Å². The van der Waals surface area contributed by atoms with Gasteiger partial charge in [0.25, 0.3) is 0 Å². The Kier molecular flexibility index (Phi) is 8.39. The van der Waals surface area contributed by atoms with Gasteiger partial charge in [0.1, 0.15) is 6.73 Å². The van der Waals surface area contributed by atoms with Gasteiger partial charge in [-0.05, 0) is 36.5 Å². The maximum Gasteiger partial charge on any atom is 0.228 e. The van der Waals surface area contributed by atoms with Crippen molar-refractivity contribution < 1.29 is 14.3 Å². The summed E-state index contributed by atoms with van der Waals surface area (Å²) in [6.45, 7) is 15.3. The van der Waals surface area contributed by atoms with E-state index in [0.717, 1.165) is 32.2 Å². The van der Waals surface area contributed by atoms with Crippen LogP contribution in [0.15, 0.2) is 0 Å². The normalized spacial score (nSPS) is 19.7. The summed E-state index contributed by atoms with van der Waals surface area (Å²) < 4.78 is 5.59. The lowest BCUT2D eigenvalue weighted by Gasteiger charge is -2.31. The summed E-state index contributed by atoms with van der Waals surface area (Å²) in [4.78, 5) is 26.4. The zero-order valence-corrected chi connectivity index (χ0v) is 17.1. The van der Waals surface area contributed by atoms with Crippen LogP contribution in [0.1, 0.15) is 73.6 Å². The molecule has 0 aromatic heterocycles. The number of unbranched alkanes of at least 4 members (excludes halogenated alkanes) is 1. The maximum atomic E-state index is 12.7. The van der Waals surface area contributed by atoms with Crippen molar-refractivity contribution >= 4 is 11.8 Å². The second kappa shape index (κ2) is 9.56. The molecule has 1 aliphatic heterocycles. The highest BCUT2D eigenvalue weighted by Gasteiger charge is 2.35. The number of hydrogen-bond acceptors (Lipinski definition) is 3. The Hall–Kier alpha value is -1.10. The maximum absolute atomic E-state index is 12.7. The van der Waals surface area contributed by atoms with E-state index >= 15 is 0 Å². The fourth-order valence-corrected chi connectivity index (χ4v) is 3.02. The molecule has 1 fully saturated rings. The highest BCUT2D eigenvalue weighted by molar-refractivity contribution is 5.79.